The fourth-order valence-electron chi connectivity index (χ4n) is 1.65. The van der Waals surface area contributed by atoms with E-state index in [1.165, 1.54) is 0 Å². The average molecular weight is 282 g/mol. The topological polar surface area (TPSA) is 34.0 Å². The van der Waals surface area contributed by atoms with Crippen LogP contribution >= 0.6 is 11.8 Å². The normalized spacial score (nSPS) is 10.7. The molecule has 2 rings (SSSR count). The highest BCUT2D eigenvalue weighted by Crippen LogP contribution is 2.31. The van der Waals surface area contributed by atoms with E-state index >= 15 is 0 Å². The molecule has 0 radical (unpaired) electrons. The minimum atomic E-state index is -2.52. The molecule has 1 amide bonds. The highest BCUT2D eigenvalue weighted by molar-refractivity contribution is 7.99. The van der Waals surface area contributed by atoms with Crippen LogP contribution in [0.3, 0.4) is 0 Å². The Morgan fingerprint density at radius 1 is 1.26 bits per heavy atom. The molecule has 0 saturated carbocycles. The summed E-state index contributed by atoms with van der Waals surface area (Å²) in [5, 5.41) is 2.65. The van der Waals surface area contributed by atoms with Crippen molar-refractivity contribution in [2.24, 2.45) is 7.05 Å². The lowest BCUT2D eigenvalue weighted by Gasteiger charge is -2.10. The van der Waals surface area contributed by atoms with E-state index in [0.29, 0.717) is 28.0 Å². The number of alkyl halides is 2. The zero-order valence-electron chi connectivity index (χ0n) is 10.1. The number of carbonyl (C=O) groups is 1. The molecule has 6 heteroatoms. The first-order chi connectivity index (χ1) is 9.08. The van der Waals surface area contributed by atoms with Crippen molar-refractivity contribution >= 4 is 23.4 Å². The van der Waals surface area contributed by atoms with Gasteiger partial charge in [-0.15, -0.1) is 0 Å². The lowest BCUT2D eigenvalue weighted by molar-refractivity contribution is 0.101. The van der Waals surface area contributed by atoms with Crippen molar-refractivity contribution in [2.45, 2.75) is 10.7 Å². The molecule has 0 spiro atoms. The van der Waals surface area contributed by atoms with Crippen LogP contribution in [0.4, 0.5) is 14.5 Å². The Morgan fingerprint density at radius 2 is 2.00 bits per heavy atom. The van der Waals surface area contributed by atoms with Crippen LogP contribution in [0.25, 0.3) is 0 Å². The van der Waals surface area contributed by atoms with Crippen LogP contribution in [0, 0.1) is 0 Å². The number of amides is 1. The molecule has 1 N–H and O–H groups in total. The van der Waals surface area contributed by atoms with Crippen molar-refractivity contribution in [3.63, 3.8) is 0 Å². The summed E-state index contributed by atoms with van der Waals surface area (Å²) in [6.07, 6.45) is 1.74. The number of halogens is 2. The van der Waals surface area contributed by atoms with Gasteiger partial charge in [-0.25, -0.2) is 0 Å². The molecule has 19 heavy (non-hydrogen) atoms. The molecule has 100 valence electrons. The maximum Gasteiger partial charge on any atom is 0.288 e. The molecule has 0 bridgehead atoms. The van der Waals surface area contributed by atoms with Gasteiger partial charge in [-0.05, 0) is 24.3 Å². The minimum Gasteiger partial charge on any atom is -0.347 e. The number of carbonyl (C=O) groups excluding carboxylic acids is 1. The molecule has 0 fully saturated rings. The maximum atomic E-state index is 12.4. The number of aryl methyl sites for hydroxylation is 1. The summed E-state index contributed by atoms with van der Waals surface area (Å²) < 4.78 is 26.5. The van der Waals surface area contributed by atoms with Crippen LogP contribution in [-0.2, 0) is 7.05 Å². The lowest BCUT2D eigenvalue weighted by Crippen LogP contribution is -2.15. The summed E-state index contributed by atoms with van der Waals surface area (Å²) in [7, 11) is 1.74. The fraction of sp³-hybridized carbons (Fsp3) is 0.154. The Hall–Kier alpha value is -1.82. The van der Waals surface area contributed by atoms with Crippen LogP contribution in [0.5, 0.6) is 0 Å². The SMILES string of the molecule is Cn1cccc1C(=O)Nc1ccccc1SC(F)F. The number of anilines is 1. The first-order valence-electron chi connectivity index (χ1n) is 5.54. The number of nitrogens with one attached hydrogen (secondary N) is 1. The van der Waals surface area contributed by atoms with Gasteiger partial charge in [0.05, 0.1) is 5.69 Å². The second-order valence-electron chi connectivity index (χ2n) is 3.83. The lowest BCUT2D eigenvalue weighted by atomic mass is 10.3. The first-order valence-corrected chi connectivity index (χ1v) is 6.42. The molecule has 1 heterocycles. The monoisotopic (exact) mass is 282 g/mol. The summed E-state index contributed by atoms with van der Waals surface area (Å²) >= 11 is 0.414. The third-order valence-electron chi connectivity index (χ3n) is 2.53. The third-order valence-corrected chi connectivity index (χ3v) is 3.32. The van der Waals surface area contributed by atoms with Gasteiger partial charge in [-0.3, -0.25) is 4.79 Å². The largest absolute Gasteiger partial charge is 0.347 e. The van der Waals surface area contributed by atoms with Crippen LogP contribution in [0.1, 0.15) is 10.5 Å². The molecular formula is C13H12F2N2OS. The number of rotatable bonds is 4. The minimum absolute atomic E-state index is 0.324. The van der Waals surface area contributed by atoms with E-state index in [1.807, 2.05) is 0 Å². The summed E-state index contributed by atoms with van der Waals surface area (Å²) in [6, 6.07) is 9.91. The summed E-state index contributed by atoms with van der Waals surface area (Å²) in [5.74, 6) is -2.84. The number of hydrogen-bond acceptors (Lipinski definition) is 2. The predicted molar refractivity (Wildman–Crippen MR) is 71.7 cm³/mol. The van der Waals surface area contributed by atoms with E-state index in [4.69, 9.17) is 0 Å². The van der Waals surface area contributed by atoms with E-state index in [2.05, 4.69) is 5.32 Å². The van der Waals surface area contributed by atoms with Crippen LogP contribution < -0.4 is 5.32 Å². The van der Waals surface area contributed by atoms with Crippen LogP contribution in [0.2, 0.25) is 0 Å². The van der Waals surface area contributed by atoms with E-state index in [-0.39, 0.29) is 5.91 Å². The smallest absolute Gasteiger partial charge is 0.288 e. The molecule has 0 aliphatic heterocycles. The van der Waals surface area contributed by atoms with Crippen molar-refractivity contribution < 1.29 is 13.6 Å². The van der Waals surface area contributed by atoms with Gasteiger partial charge in [0.25, 0.3) is 11.7 Å². The van der Waals surface area contributed by atoms with E-state index in [0.717, 1.165) is 0 Å². The van der Waals surface area contributed by atoms with Gasteiger partial charge < -0.3 is 9.88 Å². The molecule has 1 aromatic carbocycles. The van der Waals surface area contributed by atoms with E-state index in [9.17, 15) is 13.6 Å². The quantitative estimate of drug-likeness (QED) is 0.869. The van der Waals surface area contributed by atoms with Crippen molar-refractivity contribution in [3.8, 4) is 0 Å². The molecule has 0 atom stereocenters. The van der Waals surface area contributed by atoms with Crippen molar-refractivity contribution in [2.75, 3.05) is 5.32 Å². The van der Waals surface area contributed by atoms with Gasteiger partial charge in [-0.2, -0.15) is 8.78 Å². The molecule has 1 aromatic heterocycles. The second-order valence-corrected chi connectivity index (χ2v) is 4.86. The third kappa shape index (κ3) is 3.35. The average Bonchev–Trinajstić information content (AvgIpc) is 2.77. The summed E-state index contributed by atoms with van der Waals surface area (Å²) in [6.45, 7) is 0. The Morgan fingerprint density at radius 3 is 2.63 bits per heavy atom. The molecular weight excluding hydrogens is 270 g/mol. The van der Waals surface area contributed by atoms with Crippen LogP contribution in [-0.4, -0.2) is 16.2 Å². The highest BCUT2D eigenvalue weighted by Gasteiger charge is 2.14. The number of hydrogen-bond donors (Lipinski definition) is 1. The van der Waals surface area contributed by atoms with Crippen molar-refractivity contribution in [1.29, 1.82) is 0 Å². The Bertz CT molecular complexity index is 584. The zero-order chi connectivity index (χ0) is 13.8. The Kier molecular flexibility index (Phi) is 4.21. The molecule has 0 aliphatic rings. The van der Waals surface area contributed by atoms with Crippen LogP contribution in [0.15, 0.2) is 47.5 Å². The van der Waals surface area contributed by atoms with Gasteiger partial charge >= 0.3 is 0 Å². The van der Waals surface area contributed by atoms with Gasteiger partial charge in [0.2, 0.25) is 0 Å². The predicted octanol–water partition coefficient (Wildman–Crippen LogP) is 3.59. The molecule has 3 nitrogen and oxygen atoms in total. The maximum absolute atomic E-state index is 12.4. The summed E-state index contributed by atoms with van der Waals surface area (Å²) in [5.41, 5.74) is 0.857. The first kappa shape index (κ1) is 13.6. The molecule has 0 saturated heterocycles. The van der Waals surface area contributed by atoms with Crippen molar-refractivity contribution in [3.05, 3.63) is 48.3 Å². The van der Waals surface area contributed by atoms with Crippen molar-refractivity contribution in [1.82, 2.24) is 4.57 Å². The molecule has 0 unspecified atom stereocenters. The summed E-state index contributed by atoms with van der Waals surface area (Å²) in [4.78, 5) is 12.4. The van der Waals surface area contributed by atoms with Gasteiger partial charge in [0.15, 0.2) is 0 Å². The number of nitrogens with zero attached hydrogens (tertiary/aromatic N) is 1. The second kappa shape index (κ2) is 5.88. The Labute approximate surface area is 113 Å². The number of benzene rings is 1. The van der Waals surface area contributed by atoms with E-state index in [1.54, 1.807) is 54.2 Å². The highest BCUT2D eigenvalue weighted by atomic mass is 32.2. The standard InChI is InChI=1S/C13H12F2N2OS/c1-17-8-4-6-10(17)12(18)16-9-5-2-3-7-11(9)19-13(14)15/h2-8,13H,1H3,(H,16,18). The molecule has 2 aromatic rings. The zero-order valence-corrected chi connectivity index (χ0v) is 11.0. The number of aromatic nitrogens is 1. The Balaban J connectivity index is 2.19. The van der Waals surface area contributed by atoms with Gasteiger partial charge in [0.1, 0.15) is 5.69 Å². The number of para-hydroxylation sites is 1. The van der Waals surface area contributed by atoms with E-state index < -0.39 is 5.76 Å². The number of thioether (sulfide) groups is 1. The fourth-order valence-corrected chi connectivity index (χ4v) is 2.25. The molecule has 0 aliphatic carbocycles. The van der Waals surface area contributed by atoms with Gasteiger partial charge in [-0.1, -0.05) is 23.9 Å². The van der Waals surface area contributed by atoms with Gasteiger partial charge in [0, 0.05) is 18.1 Å².